The van der Waals surface area contributed by atoms with Crippen LogP contribution in [-0.4, -0.2) is 24.2 Å². The molecule has 0 saturated heterocycles. The second-order valence-corrected chi connectivity index (χ2v) is 6.37. The van der Waals surface area contributed by atoms with E-state index in [1.165, 1.54) is 0 Å². The van der Waals surface area contributed by atoms with Crippen LogP contribution in [0.15, 0.2) is 29.6 Å². The van der Waals surface area contributed by atoms with Crippen molar-refractivity contribution in [3.63, 3.8) is 0 Å². The van der Waals surface area contributed by atoms with Crippen molar-refractivity contribution in [1.82, 2.24) is 15.6 Å². The summed E-state index contributed by atoms with van der Waals surface area (Å²) >= 11 is 1.63. The third-order valence-electron chi connectivity index (χ3n) is 3.63. The van der Waals surface area contributed by atoms with Gasteiger partial charge in [-0.15, -0.1) is 11.3 Å². The quantitative estimate of drug-likeness (QED) is 0.911. The number of thiazole rings is 1. The molecular formula is C16H19N3O2S. The first-order chi connectivity index (χ1) is 10.6. The lowest BCUT2D eigenvalue weighted by molar-refractivity contribution is 0.231. The molecule has 2 aromatic rings. The van der Waals surface area contributed by atoms with Crippen molar-refractivity contribution in [2.45, 2.75) is 25.8 Å². The van der Waals surface area contributed by atoms with Gasteiger partial charge in [0, 0.05) is 29.1 Å². The number of nitrogens with one attached hydrogen (secondary N) is 2. The Balaban J connectivity index is 1.51. The van der Waals surface area contributed by atoms with Gasteiger partial charge in [0.1, 0.15) is 12.4 Å². The Morgan fingerprint density at radius 1 is 1.50 bits per heavy atom. The van der Waals surface area contributed by atoms with Gasteiger partial charge in [-0.1, -0.05) is 25.1 Å². The minimum absolute atomic E-state index is 0.0892. The molecule has 1 aromatic heterocycles. The third kappa shape index (κ3) is 3.22. The number of nitrogens with zero attached hydrogens (tertiary/aromatic N) is 1. The maximum Gasteiger partial charge on any atom is 0.315 e. The van der Waals surface area contributed by atoms with E-state index < -0.39 is 0 Å². The molecule has 2 heterocycles. The molecule has 0 aliphatic carbocycles. The molecule has 0 saturated carbocycles. The Morgan fingerprint density at radius 2 is 2.32 bits per heavy atom. The van der Waals surface area contributed by atoms with E-state index in [0.717, 1.165) is 22.0 Å². The summed E-state index contributed by atoms with van der Waals surface area (Å²) in [6.07, 6.45) is 0. The number of aryl methyl sites for hydroxylation is 1. The molecule has 0 fully saturated rings. The minimum Gasteiger partial charge on any atom is -0.491 e. The Labute approximate surface area is 133 Å². The van der Waals surface area contributed by atoms with Gasteiger partial charge in [0.05, 0.1) is 11.0 Å². The molecule has 2 amide bonds. The van der Waals surface area contributed by atoms with Crippen molar-refractivity contribution in [1.29, 1.82) is 0 Å². The highest BCUT2D eigenvalue weighted by atomic mass is 32.1. The monoisotopic (exact) mass is 317 g/mol. The van der Waals surface area contributed by atoms with Gasteiger partial charge in [-0.2, -0.15) is 0 Å². The molecule has 0 radical (unpaired) electrons. The number of para-hydroxylation sites is 1. The largest absolute Gasteiger partial charge is 0.491 e. The lowest BCUT2D eigenvalue weighted by Crippen LogP contribution is -2.40. The van der Waals surface area contributed by atoms with E-state index in [4.69, 9.17) is 4.74 Å². The first kappa shape index (κ1) is 14.8. The second-order valence-electron chi connectivity index (χ2n) is 5.48. The fourth-order valence-corrected chi connectivity index (χ4v) is 3.28. The van der Waals surface area contributed by atoms with Crippen molar-refractivity contribution < 1.29 is 9.53 Å². The highest BCUT2D eigenvalue weighted by Gasteiger charge is 2.25. The molecular weight excluding hydrogens is 298 g/mol. The van der Waals surface area contributed by atoms with Gasteiger partial charge in [-0.25, -0.2) is 9.78 Å². The predicted molar refractivity (Wildman–Crippen MR) is 86.5 cm³/mol. The number of carbonyl (C=O) groups is 1. The Kier molecular flexibility index (Phi) is 4.29. The summed E-state index contributed by atoms with van der Waals surface area (Å²) in [6, 6.07) is 7.51. The van der Waals surface area contributed by atoms with Crippen LogP contribution < -0.4 is 15.4 Å². The minimum atomic E-state index is -0.176. The summed E-state index contributed by atoms with van der Waals surface area (Å²) in [5, 5.41) is 8.94. The number of aromatic nitrogens is 1. The Morgan fingerprint density at radius 3 is 3.09 bits per heavy atom. The van der Waals surface area contributed by atoms with E-state index in [1.54, 1.807) is 11.3 Å². The van der Waals surface area contributed by atoms with Crippen LogP contribution in [0.25, 0.3) is 0 Å². The Hall–Kier alpha value is -2.08. The summed E-state index contributed by atoms with van der Waals surface area (Å²) in [6.45, 7) is 5.08. The SMILES string of the molecule is Cc1csc([C@H](C)CNC(=O)N[C@@H]2COc3ccccc32)n1. The van der Waals surface area contributed by atoms with Crippen molar-refractivity contribution in [2.24, 2.45) is 0 Å². The highest BCUT2D eigenvalue weighted by Crippen LogP contribution is 2.31. The van der Waals surface area contributed by atoms with Crippen LogP contribution in [0.2, 0.25) is 0 Å². The zero-order valence-electron chi connectivity index (χ0n) is 12.6. The number of fused-ring (bicyclic) bond motifs is 1. The van der Waals surface area contributed by atoms with E-state index in [2.05, 4.69) is 22.5 Å². The molecule has 5 nitrogen and oxygen atoms in total. The number of rotatable bonds is 4. The smallest absolute Gasteiger partial charge is 0.315 e. The van der Waals surface area contributed by atoms with E-state index >= 15 is 0 Å². The molecule has 1 aliphatic heterocycles. The molecule has 0 unspecified atom stereocenters. The highest BCUT2D eigenvalue weighted by molar-refractivity contribution is 7.09. The molecule has 1 aliphatic rings. The fraction of sp³-hybridized carbons (Fsp3) is 0.375. The van der Waals surface area contributed by atoms with E-state index in [0.29, 0.717) is 13.2 Å². The second kappa shape index (κ2) is 6.36. The molecule has 0 bridgehead atoms. The van der Waals surface area contributed by atoms with Crippen LogP contribution in [0.5, 0.6) is 5.75 Å². The van der Waals surface area contributed by atoms with Crippen molar-refractivity contribution in [3.05, 3.63) is 45.9 Å². The summed E-state index contributed by atoms with van der Waals surface area (Å²) in [4.78, 5) is 16.5. The van der Waals surface area contributed by atoms with Crippen LogP contribution in [0.4, 0.5) is 4.79 Å². The zero-order chi connectivity index (χ0) is 15.5. The number of hydrogen-bond acceptors (Lipinski definition) is 4. The summed E-state index contributed by atoms with van der Waals surface area (Å²) < 4.78 is 5.56. The normalized spacial score (nSPS) is 17.5. The average molecular weight is 317 g/mol. The standard InChI is InChI=1S/C16H19N3O2S/c1-10(15-18-11(2)9-22-15)7-17-16(20)19-13-8-21-14-6-4-3-5-12(13)14/h3-6,9-10,13H,7-8H2,1-2H3,(H2,17,19,20)/t10-,13-/m1/s1. The number of amides is 2. The molecule has 0 spiro atoms. The van der Waals surface area contributed by atoms with Crippen molar-refractivity contribution >= 4 is 17.4 Å². The predicted octanol–water partition coefficient (Wildman–Crippen LogP) is 2.99. The van der Waals surface area contributed by atoms with E-state index in [1.807, 2.05) is 36.6 Å². The lowest BCUT2D eigenvalue weighted by atomic mass is 10.1. The molecule has 116 valence electrons. The summed E-state index contributed by atoms with van der Waals surface area (Å²) in [5.74, 6) is 1.05. The van der Waals surface area contributed by atoms with Gasteiger partial charge < -0.3 is 15.4 Å². The van der Waals surface area contributed by atoms with Crippen LogP contribution in [0, 0.1) is 6.92 Å². The molecule has 2 N–H and O–H groups in total. The number of benzene rings is 1. The van der Waals surface area contributed by atoms with Crippen molar-refractivity contribution in [2.75, 3.05) is 13.2 Å². The van der Waals surface area contributed by atoms with Gasteiger partial charge in [0.15, 0.2) is 0 Å². The van der Waals surface area contributed by atoms with Gasteiger partial charge in [0.2, 0.25) is 0 Å². The summed E-state index contributed by atoms with van der Waals surface area (Å²) in [7, 11) is 0. The van der Waals surface area contributed by atoms with E-state index in [-0.39, 0.29) is 18.0 Å². The molecule has 2 atom stereocenters. The lowest BCUT2D eigenvalue weighted by Gasteiger charge is -2.14. The van der Waals surface area contributed by atoms with Gasteiger partial charge in [-0.05, 0) is 13.0 Å². The van der Waals surface area contributed by atoms with Gasteiger partial charge in [0.25, 0.3) is 0 Å². The third-order valence-corrected chi connectivity index (χ3v) is 4.83. The fourth-order valence-electron chi connectivity index (χ4n) is 2.42. The average Bonchev–Trinajstić information content (AvgIpc) is 3.12. The zero-order valence-corrected chi connectivity index (χ0v) is 13.4. The number of hydrogen-bond donors (Lipinski definition) is 2. The van der Waals surface area contributed by atoms with Crippen LogP contribution in [0.1, 0.15) is 35.1 Å². The maximum atomic E-state index is 12.1. The molecule has 3 rings (SSSR count). The summed E-state index contributed by atoms with van der Waals surface area (Å²) in [5.41, 5.74) is 2.05. The van der Waals surface area contributed by atoms with Crippen LogP contribution in [-0.2, 0) is 0 Å². The van der Waals surface area contributed by atoms with Crippen molar-refractivity contribution in [3.8, 4) is 5.75 Å². The van der Waals surface area contributed by atoms with Crippen LogP contribution >= 0.6 is 11.3 Å². The number of urea groups is 1. The van der Waals surface area contributed by atoms with E-state index in [9.17, 15) is 4.79 Å². The maximum absolute atomic E-state index is 12.1. The van der Waals surface area contributed by atoms with Crippen LogP contribution in [0.3, 0.4) is 0 Å². The number of carbonyl (C=O) groups excluding carboxylic acids is 1. The Bertz CT molecular complexity index is 671. The first-order valence-electron chi connectivity index (χ1n) is 7.31. The van der Waals surface area contributed by atoms with Gasteiger partial charge in [-0.3, -0.25) is 0 Å². The van der Waals surface area contributed by atoms with Gasteiger partial charge >= 0.3 is 6.03 Å². The number of ether oxygens (including phenoxy) is 1. The molecule has 1 aromatic carbocycles. The topological polar surface area (TPSA) is 63.2 Å². The first-order valence-corrected chi connectivity index (χ1v) is 8.19. The molecule has 6 heteroatoms. The molecule has 22 heavy (non-hydrogen) atoms.